The molecule has 70 valence electrons. The van der Waals surface area contributed by atoms with Crippen LogP contribution in [0.15, 0.2) is 12.2 Å². The van der Waals surface area contributed by atoms with Gasteiger partial charge in [-0.25, -0.2) is 0 Å². The molecule has 0 heterocycles. The van der Waals surface area contributed by atoms with Gasteiger partial charge in [0, 0.05) is 0 Å². The number of fused-ring (bicyclic) bond motifs is 1. The van der Waals surface area contributed by atoms with Crippen molar-refractivity contribution in [3.8, 4) is 11.8 Å². The largest absolute Gasteiger partial charge is 0.102 e. The van der Waals surface area contributed by atoms with Gasteiger partial charge in [-0.05, 0) is 62.4 Å². The van der Waals surface area contributed by atoms with E-state index < -0.39 is 0 Å². The van der Waals surface area contributed by atoms with Crippen LogP contribution in [0.1, 0.15) is 39.0 Å². The summed E-state index contributed by atoms with van der Waals surface area (Å²) >= 11 is 0. The fourth-order valence-electron chi connectivity index (χ4n) is 2.69. The Morgan fingerprint density at radius 1 is 1.31 bits per heavy atom. The summed E-state index contributed by atoms with van der Waals surface area (Å²) in [6.45, 7) is 5.85. The van der Waals surface area contributed by atoms with Crippen molar-refractivity contribution in [3.05, 3.63) is 12.2 Å². The molecule has 0 N–H and O–H groups in total. The van der Waals surface area contributed by atoms with Crippen LogP contribution >= 0.6 is 0 Å². The van der Waals surface area contributed by atoms with Crippen LogP contribution in [0.5, 0.6) is 0 Å². The minimum absolute atomic E-state index is 0.999. The van der Waals surface area contributed by atoms with E-state index in [-0.39, 0.29) is 0 Å². The van der Waals surface area contributed by atoms with Gasteiger partial charge < -0.3 is 0 Å². The molecule has 2 fully saturated rings. The first kappa shape index (κ1) is 8.88. The highest BCUT2D eigenvalue weighted by Gasteiger charge is 2.45. The highest BCUT2D eigenvalue weighted by atomic mass is 14.5. The summed E-state index contributed by atoms with van der Waals surface area (Å²) in [5.74, 6) is 9.20. The Morgan fingerprint density at radius 2 is 2.00 bits per heavy atom. The summed E-state index contributed by atoms with van der Waals surface area (Å²) in [5.41, 5.74) is 1.13. The Balaban J connectivity index is 1.67. The number of allylic oxidation sites excluding steroid dienone is 1. The fourth-order valence-corrected chi connectivity index (χ4v) is 2.69. The fraction of sp³-hybridized carbons (Fsp3) is 0.692. The summed E-state index contributed by atoms with van der Waals surface area (Å²) in [5, 5.41) is 0. The quantitative estimate of drug-likeness (QED) is 0.575. The molecule has 0 aromatic heterocycles. The maximum atomic E-state index is 3.96. The molecule has 0 aromatic rings. The Labute approximate surface area is 81.4 Å². The Hall–Kier alpha value is -0.700. The summed E-state index contributed by atoms with van der Waals surface area (Å²) in [6.07, 6.45) is 6.99. The second kappa shape index (κ2) is 3.58. The lowest BCUT2D eigenvalue weighted by atomic mass is 9.96. The van der Waals surface area contributed by atoms with Gasteiger partial charge in [-0.15, -0.1) is 5.92 Å². The molecule has 0 heteroatoms. The van der Waals surface area contributed by atoms with E-state index in [1.807, 2.05) is 6.92 Å². The molecule has 2 atom stereocenters. The molecule has 0 spiro atoms. The van der Waals surface area contributed by atoms with Crippen molar-refractivity contribution >= 4 is 0 Å². The summed E-state index contributed by atoms with van der Waals surface area (Å²) in [7, 11) is 0. The van der Waals surface area contributed by atoms with Crippen molar-refractivity contribution in [3.63, 3.8) is 0 Å². The molecule has 0 bridgehead atoms. The number of hydrogen-bond acceptors (Lipinski definition) is 0. The van der Waals surface area contributed by atoms with Crippen molar-refractivity contribution in [2.75, 3.05) is 0 Å². The third kappa shape index (κ3) is 2.15. The van der Waals surface area contributed by atoms with Gasteiger partial charge in [-0.2, -0.15) is 0 Å². The van der Waals surface area contributed by atoms with Crippen molar-refractivity contribution in [1.82, 2.24) is 0 Å². The van der Waals surface area contributed by atoms with Crippen LogP contribution < -0.4 is 0 Å². The smallest absolute Gasteiger partial charge is 0.00234 e. The molecule has 0 radical (unpaired) electrons. The van der Waals surface area contributed by atoms with Crippen molar-refractivity contribution in [2.45, 2.75) is 39.0 Å². The van der Waals surface area contributed by atoms with Crippen LogP contribution in [-0.4, -0.2) is 0 Å². The number of hydrogen-bond donors (Lipinski definition) is 0. The van der Waals surface area contributed by atoms with Gasteiger partial charge in [0.2, 0.25) is 0 Å². The van der Waals surface area contributed by atoms with E-state index in [0.29, 0.717) is 0 Å². The third-order valence-corrected chi connectivity index (χ3v) is 3.50. The lowest BCUT2D eigenvalue weighted by Crippen LogP contribution is -1.97. The highest BCUT2D eigenvalue weighted by Crippen LogP contribution is 2.55. The first-order valence-electron chi connectivity index (χ1n) is 5.40. The average molecular weight is 174 g/mol. The molecule has 2 rings (SSSR count). The molecule has 0 saturated heterocycles. The van der Waals surface area contributed by atoms with E-state index in [1.54, 1.807) is 0 Å². The molecular formula is C13H18. The number of rotatable bonds is 3. The van der Waals surface area contributed by atoms with Crippen molar-refractivity contribution in [1.29, 1.82) is 0 Å². The van der Waals surface area contributed by atoms with Gasteiger partial charge >= 0.3 is 0 Å². The zero-order chi connectivity index (χ0) is 9.26. The summed E-state index contributed by atoms with van der Waals surface area (Å²) in [4.78, 5) is 0. The van der Waals surface area contributed by atoms with Crippen molar-refractivity contribution in [2.24, 2.45) is 17.8 Å². The molecule has 13 heavy (non-hydrogen) atoms. The van der Waals surface area contributed by atoms with Gasteiger partial charge in [0.15, 0.2) is 0 Å². The topological polar surface area (TPSA) is 0 Å². The van der Waals surface area contributed by atoms with E-state index in [9.17, 15) is 0 Å². The third-order valence-electron chi connectivity index (χ3n) is 3.50. The molecule has 2 unspecified atom stereocenters. The molecule has 0 aromatic carbocycles. The molecule has 0 nitrogen and oxygen atoms in total. The Kier molecular flexibility index (Phi) is 2.44. The monoisotopic (exact) mass is 174 g/mol. The highest BCUT2D eigenvalue weighted by molar-refractivity contribution is 5.24. The van der Waals surface area contributed by atoms with Gasteiger partial charge in [-0.3, -0.25) is 0 Å². The first-order chi connectivity index (χ1) is 6.29. The molecule has 2 aliphatic rings. The Morgan fingerprint density at radius 3 is 2.62 bits per heavy atom. The van der Waals surface area contributed by atoms with E-state index in [1.165, 1.54) is 25.7 Å². The van der Waals surface area contributed by atoms with E-state index >= 15 is 0 Å². The van der Waals surface area contributed by atoms with Crippen LogP contribution in [0.4, 0.5) is 0 Å². The molecule has 0 amide bonds. The molecule has 2 aliphatic carbocycles. The normalized spacial score (nSPS) is 34.7. The predicted molar refractivity (Wildman–Crippen MR) is 56.1 cm³/mol. The molecular weight excluding hydrogens is 156 g/mol. The van der Waals surface area contributed by atoms with E-state index in [4.69, 9.17) is 0 Å². The lowest BCUT2D eigenvalue weighted by Gasteiger charge is -2.10. The van der Waals surface area contributed by atoms with Crippen LogP contribution in [0.25, 0.3) is 0 Å². The van der Waals surface area contributed by atoms with E-state index in [2.05, 4.69) is 18.4 Å². The van der Waals surface area contributed by atoms with Crippen LogP contribution in [0.3, 0.4) is 0 Å². The summed E-state index contributed by atoms with van der Waals surface area (Å²) < 4.78 is 0. The summed E-state index contributed by atoms with van der Waals surface area (Å²) in [6, 6.07) is 0. The lowest BCUT2D eigenvalue weighted by molar-refractivity contribution is 0.454. The van der Waals surface area contributed by atoms with Crippen molar-refractivity contribution < 1.29 is 0 Å². The minimum Gasteiger partial charge on any atom is -0.102 e. The second-order valence-corrected chi connectivity index (χ2v) is 4.61. The molecule has 2 saturated carbocycles. The average Bonchev–Trinajstić information content (AvgIpc) is 2.72. The maximum Gasteiger partial charge on any atom is -0.00234 e. The Bertz CT molecular complexity index is 253. The first-order valence-corrected chi connectivity index (χ1v) is 5.40. The SMILES string of the molecule is C=C(C#CC)CCC1CC2CC2C1. The van der Waals surface area contributed by atoms with Gasteiger partial charge in [0.05, 0.1) is 0 Å². The van der Waals surface area contributed by atoms with Gasteiger partial charge in [-0.1, -0.05) is 12.5 Å². The second-order valence-electron chi connectivity index (χ2n) is 4.61. The van der Waals surface area contributed by atoms with Gasteiger partial charge in [0.25, 0.3) is 0 Å². The predicted octanol–water partition coefficient (Wildman–Crippen LogP) is 3.39. The van der Waals surface area contributed by atoms with Gasteiger partial charge in [0.1, 0.15) is 0 Å². The molecule has 0 aliphatic heterocycles. The van der Waals surface area contributed by atoms with Crippen LogP contribution in [0, 0.1) is 29.6 Å². The van der Waals surface area contributed by atoms with E-state index in [0.717, 1.165) is 29.7 Å². The zero-order valence-corrected chi connectivity index (χ0v) is 8.47. The maximum absolute atomic E-state index is 3.96. The van der Waals surface area contributed by atoms with Crippen LogP contribution in [-0.2, 0) is 0 Å². The standard InChI is InChI=1S/C13H18/c1-3-4-10(2)5-6-11-7-12-9-13(12)8-11/h11-13H,2,5-9H2,1H3. The minimum atomic E-state index is 0.999. The van der Waals surface area contributed by atoms with Crippen LogP contribution in [0.2, 0.25) is 0 Å². The zero-order valence-electron chi connectivity index (χ0n) is 8.47.